The number of carbonyl (C=O) groups excluding carboxylic acids is 1. The van der Waals surface area contributed by atoms with Crippen molar-refractivity contribution in [2.24, 2.45) is 0 Å². The lowest BCUT2D eigenvalue weighted by molar-refractivity contribution is -0.137. The number of ether oxygens (including phenoxy) is 1. The smallest absolute Gasteiger partial charge is 0.263 e. The third kappa shape index (κ3) is 3.76. The van der Waals surface area contributed by atoms with E-state index in [1.807, 2.05) is 39.8 Å². The molecule has 0 saturated heterocycles. The van der Waals surface area contributed by atoms with Crippen molar-refractivity contribution in [3.05, 3.63) is 29.3 Å². The monoisotopic (exact) mass is 249 g/mol. The molecule has 0 saturated carbocycles. The van der Waals surface area contributed by atoms with E-state index in [0.717, 1.165) is 30.0 Å². The molecule has 0 aliphatic heterocycles. The topological polar surface area (TPSA) is 29.5 Å². The third-order valence-corrected chi connectivity index (χ3v) is 2.93. The molecule has 0 aliphatic carbocycles. The normalized spacial score (nSPS) is 12.1. The Morgan fingerprint density at radius 3 is 2.11 bits per heavy atom. The predicted octanol–water partition coefficient (Wildman–Crippen LogP) is 2.94. The van der Waals surface area contributed by atoms with Gasteiger partial charge in [-0.1, -0.05) is 6.07 Å². The molecule has 0 aromatic heterocycles. The van der Waals surface area contributed by atoms with Crippen LogP contribution in [0.2, 0.25) is 0 Å². The average Bonchev–Trinajstić information content (AvgIpc) is 2.28. The number of hydrogen-bond donors (Lipinski definition) is 0. The lowest BCUT2D eigenvalue weighted by Gasteiger charge is -2.23. The Kier molecular flexibility index (Phi) is 5.20. The molecule has 0 unspecified atom stereocenters. The molecule has 100 valence electrons. The van der Waals surface area contributed by atoms with Crippen LogP contribution in [-0.2, 0) is 4.79 Å². The molecule has 1 rings (SSSR count). The van der Waals surface area contributed by atoms with E-state index in [-0.39, 0.29) is 5.91 Å². The van der Waals surface area contributed by atoms with Gasteiger partial charge in [0, 0.05) is 13.1 Å². The summed E-state index contributed by atoms with van der Waals surface area (Å²) in [6.45, 7) is 11.2. The number of rotatable bonds is 5. The summed E-state index contributed by atoms with van der Waals surface area (Å²) in [6, 6.07) is 6.00. The van der Waals surface area contributed by atoms with Gasteiger partial charge in [0.1, 0.15) is 5.75 Å². The van der Waals surface area contributed by atoms with Crippen LogP contribution in [0.1, 0.15) is 31.9 Å². The standard InChI is InChI=1S/C15H23NO2/c1-6-16(7-2)15(17)13(5)18-14-9-11(3)8-12(4)10-14/h8-10,13H,6-7H2,1-5H3/t13-/m0/s1. The minimum Gasteiger partial charge on any atom is -0.481 e. The van der Waals surface area contributed by atoms with Gasteiger partial charge in [0.25, 0.3) is 5.91 Å². The van der Waals surface area contributed by atoms with Gasteiger partial charge in [-0.15, -0.1) is 0 Å². The van der Waals surface area contributed by atoms with Crippen LogP contribution in [-0.4, -0.2) is 30.0 Å². The number of amides is 1. The first-order valence-corrected chi connectivity index (χ1v) is 6.51. The summed E-state index contributed by atoms with van der Waals surface area (Å²) in [6.07, 6.45) is -0.439. The van der Waals surface area contributed by atoms with Gasteiger partial charge in [-0.25, -0.2) is 0 Å². The van der Waals surface area contributed by atoms with E-state index in [1.165, 1.54) is 0 Å². The largest absolute Gasteiger partial charge is 0.481 e. The fraction of sp³-hybridized carbons (Fsp3) is 0.533. The minimum atomic E-state index is -0.439. The first kappa shape index (κ1) is 14.6. The SMILES string of the molecule is CCN(CC)C(=O)[C@H](C)Oc1cc(C)cc(C)c1. The summed E-state index contributed by atoms with van der Waals surface area (Å²) in [4.78, 5) is 13.9. The van der Waals surface area contributed by atoms with Gasteiger partial charge in [0.15, 0.2) is 6.10 Å². The molecule has 0 radical (unpaired) electrons. The maximum absolute atomic E-state index is 12.1. The summed E-state index contributed by atoms with van der Waals surface area (Å²) < 4.78 is 5.73. The minimum absolute atomic E-state index is 0.0409. The van der Waals surface area contributed by atoms with Gasteiger partial charge in [0.05, 0.1) is 0 Å². The summed E-state index contributed by atoms with van der Waals surface area (Å²) in [5.41, 5.74) is 2.29. The van der Waals surface area contributed by atoms with Gasteiger partial charge >= 0.3 is 0 Å². The molecule has 18 heavy (non-hydrogen) atoms. The Morgan fingerprint density at radius 2 is 1.67 bits per heavy atom. The van der Waals surface area contributed by atoms with E-state index in [4.69, 9.17) is 4.74 Å². The first-order valence-electron chi connectivity index (χ1n) is 6.51. The van der Waals surface area contributed by atoms with E-state index in [2.05, 4.69) is 6.07 Å². The van der Waals surface area contributed by atoms with Crippen LogP contribution in [0.5, 0.6) is 5.75 Å². The fourth-order valence-electron chi connectivity index (χ4n) is 2.05. The molecule has 0 fully saturated rings. The maximum atomic E-state index is 12.1. The molecule has 0 heterocycles. The quantitative estimate of drug-likeness (QED) is 0.803. The lowest BCUT2D eigenvalue weighted by Crippen LogP contribution is -2.40. The fourth-order valence-corrected chi connectivity index (χ4v) is 2.05. The number of likely N-dealkylation sites (N-methyl/N-ethyl adjacent to an activating group) is 1. The molecular formula is C15H23NO2. The molecule has 1 aromatic rings. The first-order chi connectivity index (χ1) is 8.47. The van der Waals surface area contributed by atoms with Crippen LogP contribution in [0.15, 0.2) is 18.2 Å². The van der Waals surface area contributed by atoms with E-state index in [0.29, 0.717) is 0 Å². The Hall–Kier alpha value is -1.51. The van der Waals surface area contributed by atoms with Gasteiger partial charge in [-0.05, 0) is 57.9 Å². The lowest BCUT2D eigenvalue weighted by atomic mass is 10.1. The third-order valence-electron chi connectivity index (χ3n) is 2.93. The van der Waals surface area contributed by atoms with Crippen molar-refractivity contribution in [1.29, 1.82) is 0 Å². The van der Waals surface area contributed by atoms with Crippen molar-refractivity contribution in [3.63, 3.8) is 0 Å². The van der Waals surface area contributed by atoms with Gasteiger partial charge in [-0.2, -0.15) is 0 Å². The van der Waals surface area contributed by atoms with Crippen LogP contribution < -0.4 is 4.74 Å². The zero-order chi connectivity index (χ0) is 13.7. The van der Waals surface area contributed by atoms with Crippen LogP contribution in [0, 0.1) is 13.8 Å². The highest BCUT2D eigenvalue weighted by atomic mass is 16.5. The number of benzene rings is 1. The molecule has 3 heteroatoms. The summed E-state index contributed by atoms with van der Waals surface area (Å²) >= 11 is 0. The van der Waals surface area contributed by atoms with E-state index < -0.39 is 6.10 Å². The molecule has 0 N–H and O–H groups in total. The van der Waals surface area contributed by atoms with Crippen molar-refractivity contribution in [3.8, 4) is 5.75 Å². The van der Waals surface area contributed by atoms with Crippen molar-refractivity contribution >= 4 is 5.91 Å². The average molecular weight is 249 g/mol. The highest BCUT2D eigenvalue weighted by molar-refractivity contribution is 5.80. The number of carbonyl (C=O) groups is 1. The second-order valence-electron chi connectivity index (χ2n) is 4.59. The van der Waals surface area contributed by atoms with E-state index in [9.17, 15) is 4.79 Å². The van der Waals surface area contributed by atoms with Crippen molar-refractivity contribution in [1.82, 2.24) is 4.90 Å². The van der Waals surface area contributed by atoms with Crippen molar-refractivity contribution in [2.75, 3.05) is 13.1 Å². The van der Waals surface area contributed by atoms with E-state index >= 15 is 0 Å². The molecule has 1 aromatic carbocycles. The Bertz CT molecular complexity index is 391. The second kappa shape index (κ2) is 6.43. The molecule has 0 aliphatic rings. The van der Waals surface area contributed by atoms with Gasteiger partial charge in [-0.3, -0.25) is 4.79 Å². The van der Waals surface area contributed by atoms with Crippen molar-refractivity contribution in [2.45, 2.75) is 40.7 Å². The predicted molar refractivity (Wildman–Crippen MR) is 73.9 cm³/mol. The Balaban J connectivity index is 2.74. The molecule has 1 amide bonds. The van der Waals surface area contributed by atoms with Crippen molar-refractivity contribution < 1.29 is 9.53 Å². The number of nitrogens with zero attached hydrogens (tertiary/aromatic N) is 1. The Labute approximate surface area is 110 Å². The van der Waals surface area contributed by atoms with Gasteiger partial charge in [0.2, 0.25) is 0 Å². The summed E-state index contributed by atoms with van der Waals surface area (Å²) in [5, 5.41) is 0. The summed E-state index contributed by atoms with van der Waals surface area (Å²) in [5.74, 6) is 0.805. The molecule has 0 spiro atoms. The van der Waals surface area contributed by atoms with Crippen LogP contribution in [0.4, 0.5) is 0 Å². The second-order valence-corrected chi connectivity index (χ2v) is 4.59. The highest BCUT2D eigenvalue weighted by Crippen LogP contribution is 2.18. The summed E-state index contributed by atoms with van der Waals surface area (Å²) in [7, 11) is 0. The van der Waals surface area contributed by atoms with Gasteiger partial charge < -0.3 is 9.64 Å². The highest BCUT2D eigenvalue weighted by Gasteiger charge is 2.19. The zero-order valence-electron chi connectivity index (χ0n) is 12.0. The zero-order valence-corrected chi connectivity index (χ0v) is 12.0. The molecule has 3 nitrogen and oxygen atoms in total. The number of hydrogen-bond acceptors (Lipinski definition) is 2. The Morgan fingerprint density at radius 1 is 1.17 bits per heavy atom. The molecular weight excluding hydrogens is 226 g/mol. The molecule has 1 atom stereocenters. The van der Waals surface area contributed by atoms with Crippen LogP contribution >= 0.6 is 0 Å². The van der Waals surface area contributed by atoms with Crippen LogP contribution in [0.25, 0.3) is 0 Å². The molecule has 0 bridgehead atoms. The van der Waals surface area contributed by atoms with E-state index in [1.54, 1.807) is 11.8 Å². The van der Waals surface area contributed by atoms with Crippen LogP contribution in [0.3, 0.4) is 0 Å². The maximum Gasteiger partial charge on any atom is 0.263 e. The number of aryl methyl sites for hydroxylation is 2.